The van der Waals surface area contributed by atoms with Gasteiger partial charge in [-0.15, -0.1) is 0 Å². The molecule has 1 unspecified atom stereocenters. The number of carbonyl (C=O) groups is 1. The van der Waals surface area contributed by atoms with Gasteiger partial charge in [-0.25, -0.2) is 4.98 Å². The summed E-state index contributed by atoms with van der Waals surface area (Å²) in [5.41, 5.74) is -0.222. The van der Waals surface area contributed by atoms with Crippen LogP contribution in [0.25, 0.3) is 0 Å². The van der Waals surface area contributed by atoms with Crippen molar-refractivity contribution in [3.8, 4) is 0 Å². The van der Waals surface area contributed by atoms with Gasteiger partial charge in [0.25, 0.3) is 11.6 Å². The van der Waals surface area contributed by atoms with E-state index in [0.717, 1.165) is 19.0 Å². The maximum absolute atomic E-state index is 12.2. The lowest BCUT2D eigenvalue weighted by atomic mass is 10.1. The van der Waals surface area contributed by atoms with Crippen LogP contribution in [-0.2, 0) is 0 Å². The first-order chi connectivity index (χ1) is 9.52. The van der Waals surface area contributed by atoms with Crippen LogP contribution >= 0.6 is 0 Å². The third-order valence-corrected chi connectivity index (χ3v) is 3.37. The number of nitrogens with zero attached hydrogens (tertiary/aromatic N) is 2. The summed E-state index contributed by atoms with van der Waals surface area (Å²) in [5.74, 6) is 0.535. The van der Waals surface area contributed by atoms with Crippen LogP contribution in [0.4, 0.5) is 11.5 Å². The lowest BCUT2D eigenvalue weighted by molar-refractivity contribution is -0.385. The van der Waals surface area contributed by atoms with E-state index in [0.29, 0.717) is 18.3 Å². The summed E-state index contributed by atoms with van der Waals surface area (Å²) in [4.78, 5) is 26.5. The summed E-state index contributed by atoms with van der Waals surface area (Å²) in [6.07, 6.45) is 3.32. The van der Waals surface area contributed by atoms with Gasteiger partial charge in [0, 0.05) is 18.7 Å². The van der Waals surface area contributed by atoms with Gasteiger partial charge in [0.1, 0.15) is 17.6 Å². The molecule has 2 N–H and O–H groups in total. The number of anilines is 1. The Morgan fingerprint density at radius 1 is 1.60 bits per heavy atom. The number of carbonyl (C=O) groups excluding carboxylic acids is 1. The van der Waals surface area contributed by atoms with Crippen molar-refractivity contribution < 1.29 is 9.72 Å². The standard InChI is InChI=1S/C13H18N4O3/c1-3-14-12-6-10(11(7-15-12)17(19)20)13(18)16-8(2)9-4-5-9/h6-9H,3-5H2,1-2H3,(H,14,15)(H,16,18). The summed E-state index contributed by atoms with van der Waals surface area (Å²) in [7, 11) is 0. The van der Waals surface area contributed by atoms with Crippen LogP contribution in [-0.4, -0.2) is 28.4 Å². The Morgan fingerprint density at radius 3 is 2.85 bits per heavy atom. The molecule has 0 spiro atoms. The van der Waals surface area contributed by atoms with Gasteiger partial charge in [0.2, 0.25) is 0 Å². The van der Waals surface area contributed by atoms with Crippen LogP contribution < -0.4 is 10.6 Å². The number of aromatic nitrogens is 1. The average molecular weight is 278 g/mol. The first kappa shape index (κ1) is 14.2. The Morgan fingerprint density at radius 2 is 2.30 bits per heavy atom. The summed E-state index contributed by atoms with van der Waals surface area (Å²) < 4.78 is 0. The second-order valence-electron chi connectivity index (χ2n) is 4.97. The van der Waals surface area contributed by atoms with Crippen molar-refractivity contribution in [3.63, 3.8) is 0 Å². The van der Waals surface area contributed by atoms with Gasteiger partial charge >= 0.3 is 0 Å². The zero-order valence-corrected chi connectivity index (χ0v) is 11.5. The number of nitro groups is 1. The fraction of sp³-hybridized carbons (Fsp3) is 0.538. The highest BCUT2D eigenvalue weighted by Gasteiger charge is 2.30. The zero-order chi connectivity index (χ0) is 14.7. The Labute approximate surface area is 116 Å². The second kappa shape index (κ2) is 5.85. The molecule has 0 radical (unpaired) electrons. The quantitative estimate of drug-likeness (QED) is 0.612. The molecule has 2 rings (SSSR count). The Kier molecular flexibility index (Phi) is 4.16. The van der Waals surface area contributed by atoms with Gasteiger partial charge in [-0.2, -0.15) is 0 Å². The predicted octanol–water partition coefficient (Wildman–Crippen LogP) is 1.95. The summed E-state index contributed by atoms with van der Waals surface area (Å²) >= 11 is 0. The molecule has 1 heterocycles. The lowest BCUT2D eigenvalue weighted by Gasteiger charge is -2.13. The lowest BCUT2D eigenvalue weighted by Crippen LogP contribution is -2.34. The normalized spacial score (nSPS) is 15.5. The molecule has 7 heteroatoms. The van der Waals surface area contributed by atoms with Crippen LogP contribution in [0.1, 0.15) is 37.0 Å². The topological polar surface area (TPSA) is 97.2 Å². The van der Waals surface area contributed by atoms with E-state index in [1.807, 2.05) is 13.8 Å². The minimum absolute atomic E-state index is 0.0397. The van der Waals surface area contributed by atoms with E-state index in [-0.39, 0.29) is 17.3 Å². The first-order valence-electron chi connectivity index (χ1n) is 6.72. The maximum atomic E-state index is 12.2. The minimum Gasteiger partial charge on any atom is -0.370 e. The van der Waals surface area contributed by atoms with E-state index >= 15 is 0 Å². The van der Waals surface area contributed by atoms with E-state index < -0.39 is 10.8 Å². The number of pyridine rings is 1. The van der Waals surface area contributed by atoms with Crippen molar-refractivity contribution in [1.82, 2.24) is 10.3 Å². The average Bonchev–Trinajstić information content (AvgIpc) is 3.22. The van der Waals surface area contributed by atoms with Gasteiger partial charge in [0.05, 0.1) is 4.92 Å². The molecule has 0 bridgehead atoms. The molecule has 1 aliphatic carbocycles. The molecule has 0 aromatic carbocycles. The largest absolute Gasteiger partial charge is 0.370 e. The molecule has 1 aromatic rings. The van der Waals surface area contributed by atoms with Crippen molar-refractivity contribution in [2.24, 2.45) is 5.92 Å². The Bertz CT molecular complexity index is 528. The van der Waals surface area contributed by atoms with Gasteiger partial charge < -0.3 is 10.6 Å². The van der Waals surface area contributed by atoms with E-state index in [1.165, 1.54) is 6.07 Å². The molecule has 1 saturated carbocycles. The maximum Gasteiger partial charge on any atom is 0.300 e. The SMILES string of the molecule is CCNc1cc(C(=O)NC(C)C2CC2)c([N+](=O)[O-])cn1. The van der Waals surface area contributed by atoms with Crippen molar-refractivity contribution in [2.45, 2.75) is 32.7 Å². The minimum atomic E-state index is -0.584. The Hall–Kier alpha value is -2.18. The third-order valence-electron chi connectivity index (χ3n) is 3.37. The second-order valence-corrected chi connectivity index (χ2v) is 4.97. The fourth-order valence-corrected chi connectivity index (χ4v) is 2.05. The molecular formula is C13H18N4O3. The van der Waals surface area contributed by atoms with Crippen LogP contribution in [0.3, 0.4) is 0 Å². The van der Waals surface area contributed by atoms with Crippen LogP contribution in [0, 0.1) is 16.0 Å². The molecule has 1 aliphatic rings. The molecule has 108 valence electrons. The van der Waals surface area contributed by atoms with E-state index in [9.17, 15) is 14.9 Å². The molecule has 0 aliphatic heterocycles. The van der Waals surface area contributed by atoms with Crippen molar-refractivity contribution in [3.05, 3.63) is 27.9 Å². The molecular weight excluding hydrogens is 260 g/mol. The third kappa shape index (κ3) is 3.23. The molecule has 1 aromatic heterocycles. The zero-order valence-electron chi connectivity index (χ0n) is 11.5. The van der Waals surface area contributed by atoms with Crippen LogP contribution in [0.5, 0.6) is 0 Å². The molecule has 20 heavy (non-hydrogen) atoms. The highest BCUT2D eigenvalue weighted by atomic mass is 16.6. The summed E-state index contributed by atoms with van der Waals surface area (Å²) in [6, 6.07) is 1.47. The van der Waals surface area contributed by atoms with E-state index in [1.54, 1.807) is 0 Å². The first-order valence-corrected chi connectivity index (χ1v) is 6.72. The van der Waals surface area contributed by atoms with Crippen molar-refractivity contribution in [1.29, 1.82) is 0 Å². The van der Waals surface area contributed by atoms with Crippen LogP contribution in [0.2, 0.25) is 0 Å². The summed E-state index contributed by atoms with van der Waals surface area (Å²) in [5, 5.41) is 16.8. The highest BCUT2D eigenvalue weighted by Crippen LogP contribution is 2.32. The van der Waals surface area contributed by atoms with Gasteiger partial charge in [-0.1, -0.05) is 0 Å². The van der Waals surface area contributed by atoms with Gasteiger partial charge in [-0.05, 0) is 32.6 Å². The van der Waals surface area contributed by atoms with Gasteiger partial charge in [-0.3, -0.25) is 14.9 Å². The van der Waals surface area contributed by atoms with Crippen molar-refractivity contribution in [2.75, 3.05) is 11.9 Å². The molecule has 1 amide bonds. The van der Waals surface area contributed by atoms with Gasteiger partial charge in [0.15, 0.2) is 0 Å². The molecule has 0 saturated heterocycles. The monoisotopic (exact) mass is 278 g/mol. The smallest absolute Gasteiger partial charge is 0.300 e. The number of hydrogen-bond acceptors (Lipinski definition) is 5. The molecule has 1 atom stereocenters. The van der Waals surface area contributed by atoms with E-state index in [4.69, 9.17) is 0 Å². The molecule has 7 nitrogen and oxygen atoms in total. The number of hydrogen-bond donors (Lipinski definition) is 2. The number of nitrogens with one attached hydrogen (secondary N) is 2. The fourth-order valence-electron chi connectivity index (χ4n) is 2.05. The van der Waals surface area contributed by atoms with Crippen LogP contribution in [0.15, 0.2) is 12.3 Å². The number of rotatable bonds is 6. The summed E-state index contributed by atoms with van der Waals surface area (Å²) in [6.45, 7) is 4.44. The Balaban J connectivity index is 2.23. The predicted molar refractivity (Wildman–Crippen MR) is 74.7 cm³/mol. The van der Waals surface area contributed by atoms with Crippen molar-refractivity contribution >= 4 is 17.4 Å². The molecule has 1 fully saturated rings. The highest BCUT2D eigenvalue weighted by molar-refractivity contribution is 5.98. The number of amides is 1. The van der Waals surface area contributed by atoms with E-state index in [2.05, 4.69) is 15.6 Å².